The molecule has 2 aliphatic heterocycles. The first-order chi connectivity index (χ1) is 14.5. The molecule has 1 unspecified atom stereocenters. The summed E-state index contributed by atoms with van der Waals surface area (Å²) in [6.07, 6.45) is -0.00815. The Morgan fingerprint density at radius 1 is 1.10 bits per heavy atom. The summed E-state index contributed by atoms with van der Waals surface area (Å²) in [6.45, 7) is 0.710. The van der Waals surface area contributed by atoms with E-state index >= 15 is 0 Å². The predicted octanol–water partition coefficient (Wildman–Crippen LogP) is 1.87. The maximum absolute atomic E-state index is 12.8. The molecule has 0 saturated carbocycles. The zero-order valence-electron chi connectivity index (χ0n) is 16.2. The number of rotatable bonds is 5. The molecular formula is C22H21N3O5. The van der Waals surface area contributed by atoms with Crippen molar-refractivity contribution in [2.24, 2.45) is 0 Å². The van der Waals surface area contributed by atoms with Crippen LogP contribution >= 0.6 is 0 Å². The van der Waals surface area contributed by atoms with Crippen molar-refractivity contribution in [3.8, 4) is 0 Å². The number of piperidine rings is 1. The molecule has 0 radical (unpaired) electrons. The summed E-state index contributed by atoms with van der Waals surface area (Å²) in [7, 11) is 0. The summed E-state index contributed by atoms with van der Waals surface area (Å²) in [5.74, 6) is -1.01. The molecule has 30 heavy (non-hydrogen) atoms. The third kappa shape index (κ3) is 4.17. The Morgan fingerprint density at radius 3 is 2.67 bits per heavy atom. The SMILES string of the molecule is O=C1CCC(N2Cc3ccc(COC(=O)NCc4ccccc4)cc3C2=O)C(=O)N1. The van der Waals surface area contributed by atoms with Gasteiger partial charge in [0.05, 0.1) is 0 Å². The number of fused-ring (bicyclic) bond motifs is 1. The number of benzene rings is 2. The van der Waals surface area contributed by atoms with Gasteiger partial charge in [0.2, 0.25) is 11.8 Å². The first-order valence-electron chi connectivity index (χ1n) is 9.72. The Bertz CT molecular complexity index is 1010. The molecule has 4 rings (SSSR count). The molecule has 2 aliphatic rings. The van der Waals surface area contributed by atoms with Crippen LogP contribution in [-0.4, -0.2) is 34.8 Å². The minimum Gasteiger partial charge on any atom is -0.445 e. The third-order valence-corrected chi connectivity index (χ3v) is 5.24. The second kappa shape index (κ2) is 8.36. The van der Waals surface area contributed by atoms with Crippen molar-refractivity contribution in [2.45, 2.75) is 38.6 Å². The lowest BCUT2D eigenvalue weighted by Crippen LogP contribution is -2.52. The molecule has 2 heterocycles. The fraction of sp³-hybridized carbons (Fsp3) is 0.273. The fourth-order valence-corrected chi connectivity index (χ4v) is 3.66. The molecule has 1 saturated heterocycles. The van der Waals surface area contributed by atoms with Crippen molar-refractivity contribution in [1.29, 1.82) is 0 Å². The summed E-state index contributed by atoms with van der Waals surface area (Å²) in [4.78, 5) is 49.7. The van der Waals surface area contributed by atoms with Gasteiger partial charge in [0.1, 0.15) is 12.6 Å². The molecular weight excluding hydrogens is 386 g/mol. The molecule has 154 valence electrons. The van der Waals surface area contributed by atoms with E-state index in [-0.39, 0.29) is 24.8 Å². The van der Waals surface area contributed by atoms with Crippen LogP contribution in [0.4, 0.5) is 4.79 Å². The van der Waals surface area contributed by atoms with Crippen LogP contribution in [0.5, 0.6) is 0 Å². The van der Waals surface area contributed by atoms with E-state index in [2.05, 4.69) is 10.6 Å². The highest BCUT2D eigenvalue weighted by atomic mass is 16.5. The molecule has 2 aromatic carbocycles. The first kappa shape index (κ1) is 19.6. The minimum atomic E-state index is -0.647. The lowest BCUT2D eigenvalue weighted by atomic mass is 10.0. The van der Waals surface area contributed by atoms with Crippen molar-refractivity contribution < 1.29 is 23.9 Å². The van der Waals surface area contributed by atoms with Crippen LogP contribution < -0.4 is 10.6 Å². The predicted molar refractivity (Wildman–Crippen MR) is 106 cm³/mol. The Balaban J connectivity index is 1.34. The Kier molecular flexibility index (Phi) is 5.47. The largest absolute Gasteiger partial charge is 0.445 e. The van der Waals surface area contributed by atoms with Gasteiger partial charge < -0.3 is 15.0 Å². The van der Waals surface area contributed by atoms with Gasteiger partial charge in [-0.05, 0) is 29.2 Å². The molecule has 2 N–H and O–H groups in total. The minimum absolute atomic E-state index is 0.0274. The van der Waals surface area contributed by atoms with Crippen LogP contribution in [-0.2, 0) is 34.0 Å². The number of carbonyl (C=O) groups is 4. The smallest absolute Gasteiger partial charge is 0.407 e. The molecule has 0 aliphatic carbocycles. The molecule has 0 spiro atoms. The highest BCUT2D eigenvalue weighted by Crippen LogP contribution is 2.28. The number of hydrogen-bond donors (Lipinski definition) is 2. The van der Waals surface area contributed by atoms with Gasteiger partial charge in [-0.3, -0.25) is 19.7 Å². The summed E-state index contributed by atoms with van der Waals surface area (Å²) in [5, 5.41) is 4.97. The van der Waals surface area contributed by atoms with Gasteiger partial charge in [-0.2, -0.15) is 0 Å². The van der Waals surface area contributed by atoms with E-state index in [1.54, 1.807) is 18.2 Å². The van der Waals surface area contributed by atoms with Crippen LogP contribution in [0.15, 0.2) is 48.5 Å². The summed E-state index contributed by atoms with van der Waals surface area (Å²) in [6, 6.07) is 14.1. The normalized spacial score (nSPS) is 18.1. The van der Waals surface area contributed by atoms with E-state index in [1.165, 1.54) is 4.90 Å². The van der Waals surface area contributed by atoms with E-state index in [9.17, 15) is 19.2 Å². The second-order valence-corrected chi connectivity index (χ2v) is 7.31. The average molecular weight is 407 g/mol. The second-order valence-electron chi connectivity index (χ2n) is 7.31. The van der Waals surface area contributed by atoms with E-state index in [4.69, 9.17) is 4.74 Å². The number of alkyl carbamates (subject to hydrolysis) is 1. The number of nitrogens with one attached hydrogen (secondary N) is 2. The van der Waals surface area contributed by atoms with Crippen molar-refractivity contribution in [3.63, 3.8) is 0 Å². The number of ether oxygens (including phenoxy) is 1. The van der Waals surface area contributed by atoms with Crippen LogP contribution in [0.1, 0.15) is 39.9 Å². The van der Waals surface area contributed by atoms with Crippen molar-refractivity contribution in [2.75, 3.05) is 0 Å². The molecule has 2 aromatic rings. The molecule has 0 aromatic heterocycles. The highest BCUT2D eigenvalue weighted by molar-refractivity contribution is 6.05. The molecule has 4 amide bonds. The topological polar surface area (TPSA) is 105 Å². The monoisotopic (exact) mass is 407 g/mol. The van der Waals surface area contributed by atoms with Gasteiger partial charge >= 0.3 is 6.09 Å². The van der Waals surface area contributed by atoms with Crippen molar-refractivity contribution in [1.82, 2.24) is 15.5 Å². The lowest BCUT2D eigenvalue weighted by Gasteiger charge is -2.29. The maximum atomic E-state index is 12.8. The van der Waals surface area contributed by atoms with Gasteiger partial charge in [0.15, 0.2) is 0 Å². The Labute approximate surface area is 173 Å². The van der Waals surface area contributed by atoms with Gasteiger partial charge in [-0.25, -0.2) is 4.79 Å². The van der Waals surface area contributed by atoms with Crippen LogP contribution in [0, 0.1) is 0 Å². The van der Waals surface area contributed by atoms with Crippen LogP contribution in [0.25, 0.3) is 0 Å². The lowest BCUT2D eigenvalue weighted by molar-refractivity contribution is -0.136. The number of hydrogen-bond acceptors (Lipinski definition) is 5. The Hall–Kier alpha value is -3.68. The third-order valence-electron chi connectivity index (χ3n) is 5.24. The standard InChI is InChI=1S/C22H21N3O5/c26-19-9-8-18(20(27)24-19)25-12-16-7-6-15(10-17(16)21(25)28)13-30-22(29)23-11-14-4-2-1-3-5-14/h1-7,10,18H,8-9,11-13H2,(H,23,29)(H,24,26,27). The highest BCUT2D eigenvalue weighted by Gasteiger charge is 2.39. The molecule has 1 atom stereocenters. The number of carbonyl (C=O) groups excluding carboxylic acids is 4. The van der Waals surface area contributed by atoms with E-state index in [0.717, 1.165) is 11.1 Å². The number of nitrogens with zero attached hydrogens (tertiary/aromatic N) is 1. The average Bonchev–Trinajstić information content (AvgIpc) is 3.07. The molecule has 1 fully saturated rings. The number of imide groups is 1. The summed E-state index contributed by atoms with van der Waals surface area (Å²) in [5.41, 5.74) is 2.95. The zero-order valence-corrected chi connectivity index (χ0v) is 16.2. The zero-order chi connectivity index (χ0) is 21.1. The summed E-state index contributed by atoms with van der Waals surface area (Å²) >= 11 is 0. The Morgan fingerprint density at radius 2 is 1.90 bits per heavy atom. The molecule has 0 bridgehead atoms. The summed E-state index contributed by atoms with van der Waals surface area (Å²) < 4.78 is 5.24. The fourth-order valence-electron chi connectivity index (χ4n) is 3.66. The van der Waals surface area contributed by atoms with Gasteiger partial charge in [-0.15, -0.1) is 0 Å². The van der Waals surface area contributed by atoms with Crippen molar-refractivity contribution >= 4 is 23.8 Å². The van der Waals surface area contributed by atoms with E-state index in [1.807, 2.05) is 30.3 Å². The van der Waals surface area contributed by atoms with Gasteiger partial charge in [0.25, 0.3) is 5.91 Å². The molecule has 8 nitrogen and oxygen atoms in total. The number of amides is 4. The van der Waals surface area contributed by atoms with Crippen molar-refractivity contribution in [3.05, 3.63) is 70.8 Å². The van der Waals surface area contributed by atoms with Crippen LogP contribution in [0.3, 0.4) is 0 Å². The van der Waals surface area contributed by atoms with E-state index in [0.29, 0.717) is 30.6 Å². The quantitative estimate of drug-likeness (QED) is 0.737. The van der Waals surface area contributed by atoms with Gasteiger partial charge in [0, 0.05) is 25.1 Å². The van der Waals surface area contributed by atoms with Crippen LogP contribution in [0.2, 0.25) is 0 Å². The maximum Gasteiger partial charge on any atom is 0.407 e. The first-order valence-corrected chi connectivity index (χ1v) is 9.72. The van der Waals surface area contributed by atoms with Gasteiger partial charge in [-0.1, -0.05) is 42.5 Å². The molecule has 8 heteroatoms. The van der Waals surface area contributed by atoms with E-state index < -0.39 is 18.0 Å².